The first-order valence-corrected chi connectivity index (χ1v) is 5.63. The van der Waals surface area contributed by atoms with Crippen LogP contribution in [-0.2, 0) is 16.1 Å². The molecule has 0 fully saturated rings. The molecule has 0 aliphatic carbocycles. The van der Waals surface area contributed by atoms with Gasteiger partial charge in [-0.05, 0) is 23.6 Å². The highest BCUT2D eigenvalue weighted by molar-refractivity contribution is 5.24. The molecular formula is C13H21NO2. The van der Waals surface area contributed by atoms with E-state index in [4.69, 9.17) is 15.2 Å². The van der Waals surface area contributed by atoms with Gasteiger partial charge in [-0.1, -0.05) is 31.2 Å². The second-order valence-corrected chi connectivity index (χ2v) is 3.92. The Morgan fingerprint density at radius 3 is 2.44 bits per heavy atom. The summed E-state index contributed by atoms with van der Waals surface area (Å²) >= 11 is 0. The molecule has 0 aliphatic rings. The highest BCUT2D eigenvalue weighted by Gasteiger charge is 2.02. The van der Waals surface area contributed by atoms with Crippen molar-refractivity contribution in [2.45, 2.75) is 19.4 Å². The maximum atomic E-state index is 5.62. The van der Waals surface area contributed by atoms with Crippen molar-refractivity contribution < 1.29 is 9.47 Å². The molecule has 0 amide bonds. The molecule has 1 unspecified atom stereocenters. The zero-order chi connectivity index (χ0) is 11.8. The first-order valence-electron chi connectivity index (χ1n) is 5.63. The van der Waals surface area contributed by atoms with Gasteiger partial charge in [0, 0.05) is 7.11 Å². The Morgan fingerprint density at radius 1 is 1.19 bits per heavy atom. The summed E-state index contributed by atoms with van der Waals surface area (Å²) in [6.07, 6.45) is 0. The quantitative estimate of drug-likeness (QED) is 0.718. The monoisotopic (exact) mass is 223 g/mol. The van der Waals surface area contributed by atoms with E-state index in [1.54, 1.807) is 7.11 Å². The van der Waals surface area contributed by atoms with Gasteiger partial charge in [0.15, 0.2) is 0 Å². The van der Waals surface area contributed by atoms with Crippen molar-refractivity contribution in [1.82, 2.24) is 0 Å². The third-order valence-electron chi connectivity index (χ3n) is 2.60. The predicted molar refractivity (Wildman–Crippen MR) is 65.4 cm³/mol. The van der Waals surface area contributed by atoms with Crippen LogP contribution in [0.5, 0.6) is 0 Å². The van der Waals surface area contributed by atoms with Gasteiger partial charge in [0.1, 0.15) is 0 Å². The molecular weight excluding hydrogens is 202 g/mol. The van der Waals surface area contributed by atoms with Gasteiger partial charge < -0.3 is 15.2 Å². The van der Waals surface area contributed by atoms with E-state index >= 15 is 0 Å². The molecule has 1 atom stereocenters. The largest absolute Gasteiger partial charge is 0.382 e. The second-order valence-electron chi connectivity index (χ2n) is 3.92. The molecule has 0 saturated heterocycles. The summed E-state index contributed by atoms with van der Waals surface area (Å²) in [7, 11) is 1.67. The Bertz CT molecular complexity index is 284. The summed E-state index contributed by atoms with van der Waals surface area (Å²) in [5.74, 6) is 0.420. The summed E-state index contributed by atoms with van der Waals surface area (Å²) in [6.45, 7) is 4.73. The highest BCUT2D eigenvalue weighted by atomic mass is 16.5. The number of benzene rings is 1. The summed E-state index contributed by atoms with van der Waals surface area (Å²) in [5, 5.41) is 0. The Kier molecular flexibility index (Phi) is 6.08. The van der Waals surface area contributed by atoms with Crippen molar-refractivity contribution in [3.63, 3.8) is 0 Å². The van der Waals surface area contributed by atoms with Crippen LogP contribution >= 0.6 is 0 Å². The zero-order valence-electron chi connectivity index (χ0n) is 10.1. The van der Waals surface area contributed by atoms with Crippen LogP contribution < -0.4 is 5.73 Å². The van der Waals surface area contributed by atoms with Gasteiger partial charge in [-0.3, -0.25) is 0 Å². The molecule has 90 valence electrons. The average molecular weight is 223 g/mol. The summed E-state index contributed by atoms with van der Waals surface area (Å²) in [6, 6.07) is 8.42. The minimum Gasteiger partial charge on any atom is -0.382 e. The SMILES string of the molecule is COCCOCc1ccc(C(C)CN)cc1. The number of rotatable bonds is 7. The molecule has 3 nitrogen and oxygen atoms in total. The van der Waals surface area contributed by atoms with Gasteiger partial charge in [-0.2, -0.15) is 0 Å². The van der Waals surface area contributed by atoms with E-state index in [1.165, 1.54) is 11.1 Å². The van der Waals surface area contributed by atoms with E-state index in [9.17, 15) is 0 Å². The minimum absolute atomic E-state index is 0.420. The van der Waals surface area contributed by atoms with E-state index < -0.39 is 0 Å². The van der Waals surface area contributed by atoms with Crippen LogP contribution in [-0.4, -0.2) is 26.9 Å². The fraction of sp³-hybridized carbons (Fsp3) is 0.538. The van der Waals surface area contributed by atoms with Gasteiger partial charge in [0.05, 0.1) is 19.8 Å². The van der Waals surface area contributed by atoms with Crippen molar-refractivity contribution in [3.8, 4) is 0 Å². The number of hydrogen-bond donors (Lipinski definition) is 1. The van der Waals surface area contributed by atoms with Crippen LogP contribution in [0.2, 0.25) is 0 Å². The predicted octanol–water partition coefficient (Wildman–Crippen LogP) is 1.91. The molecule has 0 saturated carbocycles. The third-order valence-corrected chi connectivity index (χ3v) is 2.60. The molecule has 3 heteroatoms. The van der Waals surface area contributed by atoms with E-state index in [2.05, 4.69) is 31.2 Å². The lowest BCUT2D eigenvalue weighted by Gasteiger charge is -2.09. The fourth-order valence-electron chi connectivity index (χ4n) is 1.41. The van der Waals surface area contributed by atoms with E-state index in [0.717, 1.165) is 0 Å². The number of methoxy groups -OCH3 is 1. The van der Waals surface area contributed by atoms with Gasteiger partial charge in [-0.15, -0.1) is 0 Å². The van der Waals surface area contributed by atoms with Crippen LogP contribution in [0.25, 0.3) is 0 Å². The molecule has 0 spiro atoms. The number of ether oxygens (including phenoxy) is 2. The van der Waals surface area contributed by atoms with E-state index in [0.29, 0.717) is 32.3 Å². The van der Waals surface area contributed by atoms with Crippen LogP contribution in [0.1, 0.15) is 24.0 Å². The lowest BCUT2D eigenvalue weighted by atomic mass is 10.0. The van der Waals surface area contributed by atoms with Crippen LogP contribution in [0.3, 0.4) is 0 Å². The summed E-state index contributed by atoms with van der Waals surface area (Å²) in [5.41, 5.74) is 8.08. The van der Waals surface area contributed by atoms with Crippen molar-refractivity contribution in [3.05, 3.63) is 35.4 Å². The normalized spacial score (nSPS) is 12.7. The van der Waals surface area contributed by atoms with E-state index in [1.807, 2.05) is 0 Å². The molecule has 0 radical (unpaired) electrons. The molecule has 2 N–H and O–H groups in total. The van der Waals surface area contributed by atoms with Gasteiger partial charge in [-0.25, -0.2) is 0 Å². The molecule has 0 bridgehead atoms. The van der Waals surface area contributed by atoms with Crippen molar-refractivity contribution in [2.75, 3.05) is 26.9 Å². The lowest BCUT2D eigenvalue weighted by molar-refractivity contribution is 0.0616. The summed E-state index contributed by atoms with van der Waals surface area (Å²) < 4.78 is 10.3. The van der Waals surface area contributed by atoms with Crippen LogP contribution in [0, 0.1) is 0 Å². The zero-order valence-corrected chi connectivity index (χ0v) is 10.1. The fourth-order valence-corrected chi connectivity index (χ4v) is 1.41. The van der Waals surface area contributed by atoms with Crippen LogP contribution in [0.4, 0.5) is 0 Å². The maximum Gasteiger partial charge on any atom is 0.0718 e. The van der Waals surface area contributed by atoms with Gasteiger partial charge >= 0.3 is 0 Å². The third kappa shape index (κ3) is 4.31. The second kappa shape index (κ2) is 7.39. The number of nitrogens with two attached hydrogens (primary N) is 1. The molecule has 1 aromatic carbocycles. The van der Waals surface area contributed by atoms with Crippen molar-refractivity contribution >= 4 is 0 Å². The molecule has 0 aliphatic heterocycles. The highest BCUT2D eigenvalue weighted by Crippen LogP contribution is 2.14. The smallest absolute Gasteiger partial charge is 0.0718 e. The molecule has 16 heavy (non-hydrogen) atoms. The van der Waals surface area contributed by atoms with Crippen LogP contribution in [0.15, 0.2) is 24.3 Å². The Balaban J connectivity index is 2.39. The lowest BCUT2D eigenvalue weighted by Crippen LogP contribution is -2.08. The van der Waals surface area contributed by atoms with Gasteiger partial charge in [0.2, 0.25) is 0 Å². The van der Waals surface area contributed by atoms with Crippen molar-refractivity contribution in [1.29, 1.82) is 0 Å². The molecule has 0 aromatic heterocycles. The Morgan fingerprint density at radius 2 is 1.88 bits per heavy atom. The molecule has 0 heterocycles. The van der Waals surface area contributed by atoms with Gasteiger partial charge in [0.25, 0.3) is 0 Å². The topological polar surface area (TPSA) is 44.5 Å². The van der Waals surface area contributed by atoms with Crippen molar-refractivity contribution in [2.24, 2.45) is 5.73 Å². The first kappa shape index (κ1) is 13.2. The number of hydrogen-bond acceptors (Lipinski definition) is 3. The Hall–Kier alpha value is -0.900. The Labute approximate surface area is 97.6 Å². The summed E-state index contributed by atoms with van der Waals surface area (Å²) in [4.78, 5) is 0. The maximum absolute atomic E-state index is 5.62. The first-order chi connectivity index (χ1) is 7.77. The minimum atomic E-state index is 0.420. The molecule has 1 rings (SSSR count). The standard InChI is InChI=1S/C13H21NO2/c1-11(9-14)13-5-3-12(4-6-13)10-16-8-7-15-2/h3-6,11H,7-10,14H2,1-2H3. The van der Waals surface area contributed by atoms with E-state index in [-0.39, 0.29) is 0 Å². The average Bonchev–Trinajstić information content (AvgIpc) is 2.34. The molecule has 1 aromatic rings.